The number of ether oxygens (including phenoxy) is 1. The van der Waals surface area contributed by atoms with Gasteiger partial charge in [0.1, 0.15) is 6.26 Å². The standard InChI is InChI=1S/C10H14N4O3/c1-6(2)15-5-7(11)9-12-10(17-14-9)8-3-4-16-13-8/h3-4,6-7H,5,11H2,1-2H3. The van der Waals surface area contributed by atoms with Crippen molar-refractivity contribution in [2.45, 2.75) is 26.0 Å². The Hall–Kier alpha value is -1.73. The lowest BCUT2D eigenvalue weighted by atomic mass is 10.3. The molecule has 1 unspecified atom stereocenters. The number of nitrogens with zero attached hydrogens (tertiary/aromatic N) is 3. The second-order valence-electron chi connectivity index (χ2n) is 3.83. The highest BCUT2D eigenvalue weighted by molar-refractivity contribution is 5.43. The van der Waals surface area contributed by atoms with E-state index in [1.54, 1.807) is 6.07 Å². The van der Waals surface area contributed by atoms with Crippen LogP contribution in [-0.2, 0) is 4.74 Å². The summed E-state index contributed by atoms with van der Waals surface area (Å²) < 4.78 is 15.1. The molecule has 2 heterocycles. The fraction of sp³-hybridized carbons (Fsp3) is 0.500. The van der Waals surface area contributed by atoms with Crippen LogP contribution in [0.2, 0.25) is 0 Å². The minimum absolute atomic E-state index is 0.114. The number of nitrogens with two attached hydrogens (primary N) is 1. The van der Waals surface area contributed by atoms with Gasteiger partial charge < -0.3 is 19.5 Å². The number of hydrogen-bond donors (Lipinski definition) is 1. The maximum absolute atomic E-state index is 5.86. The Balaban J connectivity index is 2.03. The fourth-order valence-corrected chi connectivity index (χ4v) is 1.18. The summed E-state index contributed by atoms with van der Waals surface area (Å²) in [6, 6.07) is 1.22. The van der Waals surface area contributed by atoms with Gasteiger partial charge >= 0.3 is 0 Å². The molecule has 0 aliphatic carbocycles. The Labute approximate surface area is 97.9 Å². The van der Waals surface area contributed by atoms with Crippen molar-refractivity contribution in [3.8, 4) is 11.6 Å². The topological polar surface area (TPSA) is 100 Å². The average Bonchev–Trinajstić information content (AvgIpc) is 2.94. The van der Waals surface area contributed by atoms with Gasteiger partial charge in [-0.2, -0.15) is 4.98 Å². The van der Waals surface area contributed by atoms with Crippen molar-refractivity contribution in [3.05, 3.63) is 18.2 Å². The molecule has 0 bridgehead atoms. The van der Waals surface area contributed by atoms with Crippen LogP contribution in [0, 0.1) is 0 Å². The van der Waals surface area contributed by atoms with Gasteiger partial charge in [-0.05, 0) is 13.8 Å². The van der Waals surface area contributed by atoms with E-state index in [9.17, 15) is 0 Å². The maximum Gasteiger partial charge on any atom is 0.280 e. The van der Waals surface area contributed by atoms with Crippen molar-refractivity contribution in [2.75, 3.05) is 6.61 Å². The van der Waals surface area contributed by atoms with E-state index in [1.807, 2.05) is 13.8 Å². The minimum atomic E-state index is -0.415. The van der Waals surface area contributed by atoms with E-state index < -0.39 is 6.04 Å². The van der Waals surface area contributed by atoms with Crippen LogP contribution in [-0.4, -0.2) is 28.0 Å². The number of aromatic nitrogens is 3. The van der Waals surface area contributed by atoms with Crippen LogP contribution in [0.15, 0.2) is 21.4 Å². The lowest BCUT2D eigenvalue weighted by Crippen LogP contribution is -2.20. The molecule has 0 saturated heterocycles. The molecule has 0 aliphatic rings. The average molecular weight is 238 g/mol. The van der Waals surface area contributed by atoms with Crippen LogP contribution in [0.3, 0.4) is 0 Å². The third-order valence-electron chi connectivity index (χ3n) is 2.04. The first-order chi connectivity index (χ1) is 8.16. The Bertz CT molecular complexity index is 452. The molecule has 2 aromatic heterocycles. The summed E-state index contributed by atoms with van der Waals surface area (Å²) in [5, 5.41) is 7.47. The summed E-state index contributed by atoms with van der Waals surface area (Å²) in [7, 11) is 0. The Morgan fingerprint density at radius 2 is 2.24 bits per heavy atom. The van der Waals surface area contributed by atoms with Crippen LogP contribution in [0.1, 0.15) is 25.7 Å². The third kappa shape index (κ3) is 2.89. The molecule has 2 N–H and O–H groups in total. The van der Waals surface area contributed by atoms with Gasteiger partial charge in [0, 0.05) is 6.07 Å². The zero-order valence-electron chi connectivity index (χ0n) is 9.66. The lowest BCUT2D eigenvalue weighted by Gasteiger charge is -2.10. The van der Waals surface area contributed by atoms with Gasteiger partial charge in [0.2, 0.25) is 0 Å². The van der Waals surface area contributed by atoms with E-state index >= 15 is 0 Å². The van der Waals surface area contributed by atoms with Crippen LogP contribution in [0.4, 0.5) is 0 Å². The zero-order chi connectivity index (χ0) is 12.3. The normalized spacial score (nSPS) is 13.2. The minimum Gasteiger partial charge on any atom is -0.377 e. The highest BCUT2D eigenvalue weighted by Gasteiger charge is 2.17. The largest absolute Gasteiger partial charge is 0.377 e. The van der Waals surface area contributed by atoms with Crippen molar-refractivity contribution >= 4 is 0 Å². The summed E-state index contributed by atoms with van der Waals surface area (Å²) in [5.41, 5.74) is 6.34. The van der Waals surface area contributed by atoms with E-state index in [2.05, 4.69) is 19.8 Å². The van der Waals surface area contributed by atoms with E-state index in [0.29, 0.717) is 18.1 Å². The predicted molar refractivity (Wildman–Crippen MR) is 57.8 cm³/mol. The first kappa shape index (κ1) is 11.7. The molecule has 0 spiro atoms. The van der Waals surface area contributed by atoms with Gasteiger partial charge in [-0.15, -0.1) is 0 Å². The highest BCUT2D eigenvalue weighted by atomic mass is 16.5. The van der Waals surface area contributed by atoms with Crippen molar-refractivity contribution in [2.24, 2.45) is 5.73 Å². The molecule has 17 heavy (non-hydrogen) atoms. The monoisotopic (exact) mass is 238 g/mol. The van der Waals surface area contributed by atoms with Gasteiger partial charge in [0.05, 0.1) is 18.8 Å². The van der Waals surface area contributed by atoms with Crippen molar-refractivity contribution in [3.63, 3.8) is 0 Å². The van der Waals surface area contributed by atoms with Crippen molar-refractivity contribution < 1.29 is 13.8 Å². The molecule has 0 aliphatic heterocycles. The van der Waals surface area contributed by atoms with Crippen molar-refractivity contribution in [1.29, 1.82) is 0 Å². The van der Waals surface area contributed by atoms with Gasteiger partial charge in [-0.3, -0.25) is 0 Å². The summed E-state index contributed by atoms with van der Waals surface area (Å²) in [6.45, 7) is 4.21. The molecular formula is C10H14N4O3. The molecule has 0 fully saturated rings. The smallest absolute Gasteiger partial charge is 0.280 e. The Kier molecular flexibility index (Phi) is 3.50. The summed E-state index contributed by atoms with van der Waals surface area (Å²) in [6.07, 6.45) is 1.55. The summed E-state index contributed by atoms with van der Waals surface area (Å²) in [5.74, 6) is 0.678. The molecule has 0 radical (unpaired) electrons. The molecule has 1 atom stereocenters. The van der Waals surface area contributed by atoms with Crippen LogP contribution in [0.5, 0.6) is 0 Å². The van der Waals surface area contributed by atoms with E-state index in [0.717, 1.165) is 0 Å². The zero-order valence-corrected chi connectivity index (χ0v) is 9.66. The van der Waals surface area contributed by atoms with E-state index in [-0.39, 0.29) is 12.0 Å². The molecule has 0 aromatic carbocycles. The quantitative estimate of drug-likeness (QED) is 0.833. The van der Waals surface area contributed by atoms with Gasteiger partial charge in [-0.1, -0.05) is 10.3 Å². The van der Waals surface area contributed by atoms with Gasteiger partial charge in [-0.25, -0.2) is 0 Å². The fourth-order valence-electron chi connectivity index (χ4n) is 1.18. The van der Waals surface area contributed by atoms with Gasteiger partial charge in [0.25, 0.3) is 5.89 Å². The molecule has 2 rings (SSSR count). The maximum atomic E-state index is 5.86. The molecular weight excluding hydrogens is 224 g/mol. The summed E-state index contributed by atoms with van der Waals surface area (Å²) in [4.78, 5) is 4.13. The first-order valence-electron chi connectivity index (χ1n) is 5.28. The second kappa shape index (κ2) is 5.07. The predicted octanol–water partition coefficient (Wildman–Crippen LogP) is 1.15. The Morgan fingerprint density at radius 3 is 2.88 bits per heavy atom. The van der Waals surface area contributed by atoms with Crippen molar-refractivity contribution in [1.82, 2.24) is 15.3 Å². The third-order valence-corrected chi connectivity index (χ3v) is 2.04. The van der Waals surface area contributed by atoms with Crippen LogP contribution < -0.4 is 5.73 Å². The van der Waals surface area contributed by atoms with Gasteiger partial charge in [0.15, 0.2) is 11.5 Å². The SMILES string of the molecule is CC(C)OCC(N)c1noc(-c2ccon2)n1. The molecule has 7 heteroatoms. The van der Waals surface area contributed by atoms with Crippen LogP contribution >= 0.6 is 0 Å². The Morgan fingerprint density at radius 1 is 1.41 bits per heavy atom. The second-order valence-corrected chi connectivity index (χ2v) is 3.83. The lowest BCUT2D eigenvalue weighted by molar-refractivity contribution is 0.0665. The van der Waals surface area contributed by atoms with E-state index in [4.69, 9.17) is 15.0 Å². The molecule has 7 nitrogen and oxygen atoms in total. The number of hydrogen-bond acceptors (Lipinski definition) is 7. The molecule has 92 valence electrons. The van der Waals surface area contributed by atoms with E-state index in [1.165, 1.54) is 6.26 Å². The highest BCUT2D eigenvalue weighted by Crippen LogP contribution is 2.16. The molecule has 0 amide bonds. The van der Waals surface area contributed by atoms with Crippen LogP contribution in [0.25, 0.3) is 11.6 Å². The summed E-state index contributed by atoms with van der Waals surface area (Å²) >= 11 is 0. The first-order valence-corrected chi connectivity index (χ1v) is 5.28. The molecule has 2 aromatic rings. The molecule has 0 saturated carbocycles. The number of rotatable bonds is 5.